The minimum absolute atomic E-state index is 1.14. The summed E-state index contributed by atoms with van der Waals surface area (Å²) in [6.45, 7) is 0. The van der Waals surface area contributed by atoms with E-state index in [0.29, 0.717) is 0 Å². The van der Waals surface area contributed by atoms with Gasteiger partial charge in [-0.15, -0.1) is 0 Å². The van der Waals surface area contributed by atoms with Gasteiger partial charge in [0.2, 0.25) is 0 Å². The predicted octanol–water partition coefficient (Wildman–Crippen LogP) is 6.38. The van der Waals surface area contributed by atoms with Crippen molar-refractivity contribution in [1.29, 1.82) is 0 Å². The number of hydrogen-bond acceptors (Lipinski definition) is 2. The van der Waals surface area contributed by atoms with Gasteiger partial charge in [0.15, 0.2) is 0 Å². The number of halogens is 2. The maximum Gasteiger partial charge on any atom is 0.0175 e. The Morgan fingerprint density at radius 2 is 0.950 bits per heavy atom. The Kier molecular flexibility index (Phi) is 7.56. The zero-order valence-corrected chi connectivity index (χ0v) is 15.8. The second-order valence-corrected chi connectivity index (χ2v) is 8.93. The lowest BCUT2D eigenvalue weighted by Crippen LogP contribution is -1.89. The summed E-state index contributed by atoms with van der Waals surface area (Å²) in [6.07, 6.45) is 2.28. The molecule has 4 heteroatoms. The molecule has 0 aliphatic carbocycles. The second-order valence-electron chi connectivity index (χ2n) is 4.40. The molecule has 0 fully saturated rings. The predicted molar refractivity (Wildman–Crippen MR) is 101 cm³/mol. The van der Waals surface area contributed by atoms with E-state index in [1.807, 2.05) is 21.6 Å². The van der Waals surface area contributed by atoms with E-state index >= 15 is 0 Å². The van der Waals surface area contributed by atoms with Crippen molar-refractivity contribution in [2.45, 2.75) is 12.8 Å². The van der Waals surface area contributed by atoms with Crippen LogP contribution in [0.1, 0.15) is 11.1 Å². The molecule has 0 aromatic heterocycles. The Bertz CT molecular complexity index is 460. The van der Waals surface area contributed by atoms with Gasteiger partial charge in [0.25, 0.3) is 0 Å². The van der Waals surface area contributed by atoms with Crippen LogP contribution in [0.15, 0.2) is 57.5 Å². The monoisotopic (exact) mass is 430 g/mol. The van der Waals surface area contributed by atoms with Gasteiger partial charge in [-0.3, -0.25) is 0 Å². The summed E-state index contributed by atoms with van der Waals surface area (Å²) >= 11 is 6.92. The molecule has 0 aliphatic rings. The summed E-state index contributed by atoms with van der Waals surface area (Å²) < 4.78 is 2.30. The molecule has 0 heterocycles. The van der Waals surface area contributed by atoms with Gasteiger partial charge in [0.1, 0.15) is 0 Å². The van der Waals surface area contributed by atoms with E-state index in [4.69, 9.17) is 0 Å². The normalized spacial score (nSPS) is 10.7. The molecular formula is C16H16Br2S2. The summed E-state index contributed by atoms with van der Waals surface area (Å²) in [4.78, 5) is 0. The molecule has 2 aromatic rings. The average molecular weight is 432 g/mol. The van der Waals surface area contributed by atoms with Crippen LogP contribution in [0.4, 0.5) is 0 Å². The third-order valence-corrected chi connectivity index (χ3v) is 6.32. The van der Waals surface area contributed by atoms with Crippen molar-refractivity contribution >= 4 is 53.4 Å². The summed E-state index contributed by atoms with van der Waals surface area (Å²) in [5, 5.41) is 0. The summed E-state index contributed by atoms with van der Waals surface area (Å²) in [5.41, 5.74) is 2.82. The van der Waals surface area contributed by atoms with Gasteiger partial charge in [-0.1, -0.05) is 77.7 Å². The first-order valence-electron chi connectivity index (χ1n) is 6.47. The molecule has 106 valence electrons. The van der Waals surface area contributed by atoms with Crippen LogP contribution in [0.5, 0.6) is 0 Å². The largest absolute Gasteiger partial charge is 0.0938 e. The summed E-state index contributed by atoms with van der Waals surface area (Å²) in [7, 11) is 3.94. The lowest BCUT2D eigenvalue weighted by atomic mass is 10.2. The van der Waals surface area contributed by atoms with Crippen molar-refractivity contribution in [2.24, 2.45) is 0 Å². The van der Waals surface area contributed by atoms with Crippen LogP contribution in [-0.4, -0.2) is 11.5 Å². The molecule has 0 aliphatic heterocycles. The SMILES string of the molecule is Brc1ccc(CCSSCCc2ccc(Br)cc2)cc1. The van der Waals surface area contributed by atoms with E-state index < -0.39 is 0 Å². The maximum absolute atomic E-state index is 3.46. The van der Waals surface area contributed by atoms with Crippen LogP contribution in [0.25, 0.3) is 0 Å². The molecule has 0 unspecified atom stereocenters. The van der Waals surface area contributed by atoms with Gasteiger partial charge in [0.05, 0.1) is 0 Å². The second kappa shape index (κ2) is 9.19. The minimum atomic E-state index is 1.14. The topological polar surface area (TPSA) is 0 Å². The Morgan fingerprint density at radius 1 is 0.600 bits per heavy atom. The number of benzene rings is 2. The van der Waals surface area contributed by atoms with Crippen molar-refractivity contribution in [2.75, 3.05) is 11.5 Å². The van der Waals surface area contributed by atoms with Gasteiger partial charge >= 0.3 is 0 Å². The first-order valence-corrected chi connectivity index (χ1v) is 10.5. The van der Waals surface area contributed by atoms with E-state index in [2.05, 4.69) is 80.4 Å². The lowest BCUT2D eigenvalue weighted by molar-refractivity contribution is 1.15. The lowest BCUT2D eigenvalue weighted by Gasteiger charge is -2.03. The third kappa shape index (κ3) is 6.25. The highest BCUT2D eigenvalue weighted by Gasteiger charge is 1.97. The molecule has 0 N–H and O–H groups in total. The highest BCUT2D eigenvalue weighted by Crippen LogP contribution is 2.24. The van der Waals surface area contributed by atoms with E-state index in [1.54, 1.807) is 0 Å². The molecule has 0 saturated heterocycles. The quantitative estimate of drug-likeness (QED) is 0.368. The third-order valence-electron chi connectivity index (χ3n) is 2.86. The van der Waals surface area contributed by atoms with Crippen molar-refractivity contribution in [3.05, 3.63) is 68.6 Å². The smallest absolute Gasteiger partial charge is 0.0175 e. The molecule has 0 spiro atoms. The first kappa shape index (κ1) is 16.5. The molecule has 0 nitrogen and oxygen atoms in total. The highest BCUT2D eigenvalue weighted by molar-refractivity contribution is 9.10. The van der Waals surface area contributed by atoms with Crippen molar-refractivity contribution in [1.82, 2.24) is 0 Å². The van der Waals surface area contributed by atoms with Gasteiger partial charge in [-0.2, -0.15) is 0 Å². The Labute approximate surface area is 145 Å². The van der Waals surface area contributed by atoms with Crippen molar-refractivity contribution in [3.63, 3.8) is 0 Å². The van der Waals surface area contributed by atoms with Gasteiger partial charge < -0.3 is 0 Å². The fraction of sp³-hybridized carbons (Fsp3) is 0.250. The first-order chi connectivity index (χ1) is 9.74. The zero-order valence-electron chi connectivity index (χ0n) is 11.0. The maximum atomic E-state index is 3.46. The summed E-state index contributed by atoms with van der Waals surface area (Å²) in [5.74, 6) is 2.35. The fourth-order valence-corrected chi connectivity index (χ4v) is 4.35. The molecule has 20 heavy (non-hydrogen) atoms. The molecule has 0 amide bonds. The number of aryl methyl sites for hydroxylation is 2. The van der Waals surface area contributed by atoms with Crippen LogP contribution in [0, 0.1) is 0 Å². The zero-order chi connectivity index (χ0) is 14.2. The van der Waals surface area contributed by atoms with Crippen LogP contribution >= 0.6 is 53.4 Å². The molecule has 0 atom stereocenters. The van der Waals surface area contributed by atoms with Crippen LogP contribution < -0.4 is 0 Å². The van der Waals surface area contributed by atoms with Crippen LogP contribution in [-0.2, 0) is 12.8 Å². The van der Waals surface area contributed by atoms with E-state index in [0.717, 1.165) is 21.8 Å². The van der Waals surface area contributed by atoms with Gasteiger partial charge in [-0.05, 0) is 48.2 Å². The van der Waals surface area contributed by atoms with Crippen molar-refractivity contribution in [3.8, 4) is 0 Å². The summed E-state index contributed by atoms with van der Waals surface area (Å²) in [6, 6.07) is 17.2. The molecule has 2 rings (SSSR count). The van der Waals surface area contributed by atoms with E-state index in [1.165, 1.54) is 22.6 Å². The molecule has 0 saturated carbocycles. The molecule has 0 bridgehead atoms. The standard InChI is InChI=1S/C16H16Br2S2/c17-15-5-1-13(2-6-15)9-11-19-20-12-10-14-3-7-16(18)8-4-14/h1-8H,9-12H2. The average Bonchev–Trinajstić information content (AvgIpc) is 2.46. The molecular weight excluding hydrogens is 416 g/mol. The molecule has 0 radical (unpaired) electrons. The Hall–Kier alpha value is 0.1000. The number of hydrogen-bond donors (Lipinski definition) is 0. The minimum Gasteiger partial charge on any atom is -0.0938 e. The van der Waals surface area contributed by atoms with Gasteiger partial charge in [0, 0.05) is 20.5 Å². The van der Waals surface area contributed by atoms with E-state index in [-0.39, 0.29) is 0 Å². The number of rotatable bonds is 7. The molecule has 2 aromatic carbocycles. The van der Waals surface area contributed by atoms with Crippen LogP contribution in [0.2, 0.25) is 0 Å². The Balaban J connectivity index is 1.57. The van der Waals surface area contributed by atoms with Crippen molar-refractivity contribution < 1.29 is 0 Å². The van der Waals surface area contributed by atoms with Crippen LogP contribution in [0.3, 0.4) is 0 Å². The van der Waals surface area contributed by atoms with E-state index in [9.17, 15) is 0 Å². The fourth-order valence-electron chi connectivity index (χ4n) is 1.74. The van der Waals surface area contributed by atoms with Gasteiger partial charge in [-0.25, -0.2) is 0 Å². The Morgan fingerprint density at radius 3 is 1.30 bits per heavy atom. The highest BCUT2D eigenvalue weighted by atomic mass is 79.9.